The fraction of sp³-hybridized carbons (Fsp3) is 0.250. The fourth-order valence-corrected chi connectivity index (χ4v) is 1.01. The molecule has 0 unspecified atom stereocenters. The average Bonchev–Trinajstić information content (AvgIpc) is 1.95. The van der Waals surface area contributed by atoms with Crippen molar-refractivity contribution in [3.8, 4) is 0 Å². The van der Waals surface area contributed by atoms with Gasteiger partial charge in [-0.3, -0.25) is 0 Å². The van der Waals surface area contributed by atoms with Crippen molar-refractivity contribution in [1.82, 2.24) is 0 Å². The van der Waals surface area contributed by atoms with Crippen LogP contribution >= 0.6 is 24.0 Å². The third-order valence-electron chi connectivity index (χ3n) is 1.36. The molecule has 1 rings (SSSR count). The van der Waals surface area contributed by atoms with Crippen LogP contribution in [0.15, 0.2) is 24.3 Å². The summed E-state index contributed by atoms with van der Waals surface area (Å²) in [4.78, 5) is 0. The van der Waals surface area contributed by atoms with E-state index < -0.39 is 0 Å². The normalized spacial score (nSPS) is 8.82. The second kappa shape index (κ2) is 5.28. The highest BCUT2D eigenvalue weighted by Gasteiger charge is 1.89. The van der Waals surface area contributed by atoms with Gasteiger partial charge in [-0.2, -0.15) is 0 Å². The Kier molecular flexibility index (Phi) is 5.08. The number of halogens is 2. The van der Waals surface area contributed by atoms with Crippen LogP contribution in [0.3, 0.4) is 0 Å². The minimum atomic E-state index is 0. The zero-order valence-electron chi connectivity index (χ0n) is 6.09. The van der Waals surface area contributed by atoms with E-state index in [4.69, 9.17) is 17.3 Å². The van der Waals surface area contributed by atoms with Gasteiger partial charge in [0.2, 0.25) is 0 Å². The van der Waals surface area contributed by atoms with Gasteiger partial charge < -0.3 is 5.73 Å². The maximum Gasteiger partial charge on any atom is 0.0314 e. The molecule has 0 atom stereocenters. The molecule has 0 saturated carbocycles. The van der Waals surface area contributed by atoms with E-state index in [0.29, 0.717) is 5.88 Å². The van der Waals surface area contributed by atoms with Gasteiger partial charge in [-0.05, 0) is 24.1 Å². The third kappa shape index (κ3) is 3.49. The number of hydrogen-bond donors (Lipinski definition) is 1. The number of nitrogen functional groups attached to an aromatic ring is 1. The summed E-state index contributed by atoms with van der Waals surface area (Å²) >= 11 is 5.54. The SMILES string of the molecule is Cl.Nc1ccc(CCCl)cc1. The minimum Gasteiger partial charge on any atom is -0.399 e. The first-order valence-electron chi connectivity index (χ1n) is 3.23. The van der Waals surface area contributed by atoms with Crippen molar-refractivity contribution in [1.29, 1.82) is 0 Å². The quantitative estimate of drug-likeness (QED) is 0.565. The predicted octanol–water partition coefficient (Wildman–Crippen LogP) is 2.47. The van der Waals surface area contributed by atoms with E-state index in [-0.39, 0.29) is 12.4 Å². The molecule has 0 fully saturated rings. The van der Waals surface area contributed by atoms with Crippen molar-refractivity contribution in [3.05, 3.63) is 29.8 Å². The van der Waals surface area contributed by atoms with Crippen LogP contribution in [-0.2, 0) is 6.42 Å². The molecule has 2 N–H and O–H groups in total. The number of aryl methyl sites for hydroxylation is 1. The number of rotatable bonds is 2. The Labute approximate surface area is 78.0 Å². The average molecular weight is 192 g/mol. The van der Waals surface area contributed by atoms with Gasteiger partial charge in [0.25, 0.3) is 0 Å². The van der Waals surface area contributed by atoms with Crippen molar-refractivity contribution in [3.63, 3.8) is 0 Å². The molecule has 1 aromatic rings. The number of nitrogens with two attached hydrogens (primary N) is 1. The number of alkyl halides is 1. The molecule has 0 spiro atoms. The molecular formula is C8H11Cl2N. The second-order valence-corrected chi connectivity index (χ2v) is 2.56. The van der Waals surface area contributed by atoms with Gasteiger partial charge in [-0.1, -0.05) is 12.1 Å². The van der Waals surface area contributed by atoms with Gasteiger partial charge in [-0.25, -0.2) is 0 Å². The Morgan fingerprint density at radius 1 is 1.18 bits per heavy atom. The zero-order chi connectivity index (χ0) is 7.40. The summed E-state index contributed by atoms with van der Waals surface area (Å²) in [7, 11) is 0. The Morgan fingerprint density at radius 3 is 2.18 bits per heavy atom. The Balaban J connectivity index is 0.000001000. The van der Waals surface area contributed by atoms with Gasteiger partial charge in [0.15, 0.2) is 0 Å². The molecule has 0 bridgehead atoms. The lowest BCUT2D eigenvalue weighted by Gasteiger charge is -1.96. The van der Waals surface area contributed by atoms with E-state index >= 15 is 0 Å². The third-order valence-corrected chi connectivity index (χ3v) is 1.55. The predicted molar refractivity (Wildman–Crippen MR) is 52.5 cm³/mol. The van der Waals surface area contributed by atoms with Crippen molar-refractivity contribution in [2.45, 2.75) is 6.42 Å². The minimum absolute atomic E-state index is 0. The van der Waals surface area contributed by atoms with Crippen molar-refractivity contribution in [2.75, 3.05) is 11.6 Å². The number of hydrogen-bond acceptors (Lipinski definition) is 1. The van der Waals surface area contributed by atoms with Crippen LogP contribution in [0.5, 0.6) is 0 Å². The molecule has 0 aliphatic heterocycles. The molecule has 0 heterocycles. The van der Waals surface area contributed by atoms with Gasteiger partial charge in [0.05, 0.1) is 0 Å². The lowest BCUT2D eigenvalue weighted by Crippen LogP contribution is -1.87. The molecular weight excluding hydrogens is 181 g/mol. The topological polar surface area (TPSA) is 26.0 Å². The van der Waals surface area contributed by atoms with E-state index in [1.807, 2.05) is 24.3 Å². The van der Waals surface area contributed by atoms with Crippen LogP contribution < -0.4 is 5.73 Å². The van der Waals surface area contributed by atoms with Crippen LogP contribution in [-0.4, -0.2) is 5.88 Å². The monoisotopic (exact) mass is 191 g/mol. The second-order valence-electron chi connectivity index (χ2n) is 2.18. The zero-order valence-corrected chi connectivity index (χ0v) is 7.66. The molecule has 0 amide bonds. The lowest BCUT2D eigenvalue weighted by atomic mass is 10.2. The molecule has 0 saturated heterocycles. The highest BCUT2D eigenvalue weighted by atomic mass is 35.5. The fourth-order valence-electron chi connectivity index (χ4n) is 0.793. The molecule has 0 radical (unpaired) electrons. The molecule has 0 aliphatic rings. The first-order chi connectivity index (χ1) is 4.83. The summed E-state index contributed by atoms with van der Waals surface area (Å²) in [6.45, 7) is 0. The molecule has 3 heteroatoms. The van der Waals surface area contributed by atoms with Gasteiger partial charge in [-0.15, -0.1) is 24.0 Å². The van der Waals surface area contributed by atoms with E-state index in [1.165, 1.54) is 5.56 Å². The molecule has 0 aromatic heterocycles. The molecule has 1 nitrogen and oxygen atoms in total. The maximum atomic E-state index is 5.54. The molecule has 1 aromatic carbocycles. The summed E-state index contributed by atoms with van der Waals surface area (Å²) in [6, 6.07) is 7.78. The Hall–Kier alpha value is -0.400. The smallest absolute Gasteiger partial charge is 0.0314 e. The molecule has 11 heavy (non-hydrogen) atoms. The summed E-state index contributed by atoms with van der Waals surface area (Å²) in [5.41, 5.74) is 7.53. The standard InChI is InChI=1S/C8H10ClN.ClH/c9-6-5-7-1-3-8(10)4-2-7;/h1-4H,5-6,10H2;1H. The van der Waals surface area contributed by atoms with Crippen molar-refractivity contribution in [2.24, 2.45) is 0 Å². The van der Waals surface area contributed by atoms with Crippen LogP contribution in [0.2, 0.25) is 0 Å². The Morgan fingerprint density at radius 2 is 1.73 bits per heavy atom. The molecule has 62 valence electrons. The van der Waals surface area contributed by atoms with Gasteiger partial charge in [0.1, 0.15) is 0 Å². The first-order valence-corrected chi connectivity index (χ1v) is 3.77. The van der Waals surface area contributed by atoms with E-state index in [1.54, 1.807) is 0 Å². The van der Waals surface area contributed by atoms with E-state index in [0.717, 1.165) is 12.1 Å². The summed E-state index contributed by atoms with van der Waals surface area (Å²) in [6.07, 6.45) is 0.918. The van der Waals surface area contributed by atoms with Crippen LogP contribution in [0.4, 0.5) is 5.69 Å². The first kappa shape index (κ1) is 10.6. The van der Waals surface area contributed by atoms with Crippen LogP contribution in [0, 0.1) is 0 Å². The summed E-state index contributed by atoms with van der Waals surface area (Å²) < 4.78 is 0. The number of anilines is 1. The van der Waals surface area contributed by atoms with Crippen molar-refractivity contribution < 1.29 is 0 Å². The highest BCUT2D eigenvalue weighted by molar-refractivity contribution is 6.17. The van der Waals surface area contributed by atoms with Crippen LogP contribution in [0.25, 0.3) is 0 Å². The van der Waals surface area contributed by atoms with Gasteiger partial charge in [0, 0.05) is 11.6 Å². The number of benzene rings is 1. The van der Waals surface area contributed by atoms with Crippen molar-refractivity contribution >= 4 is 29.7 Å². The molecule has 0 aliphatic carbocycles. The maximum absolute atomic E-state index is 5.54. The van der Waals surface area contributed by atoms with Crippen LogP contribution in [0.1, 0.15) is 5.56 Å². The largest absolute Gasteiger partial charge is 0.399 e. The summed E-state index contributed by atoms with van der Waals surface area (Å²) in [5, 5.41) is 0. The Bertz CT molecular complexity index is 196. The lowest BCUT2D eigenvalue weighted by molar-refractivity contribution is 1.15. The van der Waals surface area contributed by atoms with E-state index in [9.17, 15) is 0 Å². The van der Waals surface area contributed by atoms with E-state index in [2.05, 4.69) is 0 Å². The highest BCUT2D eigenvalue weighted by Crippen LogP contribution is 2.06. The summed E-state index contributed by atoms with van der Waals surface area (Å²) in [5.74, 6) is 0.671. The van der Waals surface area contributed by atoms with Gasteiger partial charge >= 0.3 is 0 Å².